The van der Waals surface area contributed by atoms with Crippen molar-refractivity contribution in [3.8, 4) is 0 Å². The first-order valence-corrected chi connectivity index (χ1v) is 7.22. The van der Waals surface area contributed by atoms with Crippen molar-refractivity contribution in [2.24, 2.45) is 5.41 Å². The van der Waals surface area contributed by atoms with Crippen molar-refractivity contribution in [1.29, 1.82) is 0 Å². The maximum Gasteiger partial charge on any atom is 0.0757 e. The molecule has 14 heavy (non-hydrogen) atoms. The molecule has 0 aromatic carbocycles. The molecule has 1 aromatic heterocycles. The molecule has 0 N–H and O–H groups in total. The van der Waals surface area contributed by atoms with Gasteiger partial charge in [0, 0.05) is 0 Å². The normalized spacial score (nSPS) is 14.4. The van der Waals surface area contributed by atoms with Gasteiger partial charge in [-0.25, -0.2) is 0 Å². The first-order chi connectivity index (χ1) is 6.29. The maximum absolute atomic E-state index is 6.37. The summed E-state index contributed by atoms with van der Waals surface area (Å²) in [6.07, 6.45) is 0.982. The standard InChI is InChI=1S/C10H13Br2ClS/c1-10(2,3)5-7(13)6-4-8(11)14-9(6)12/h4,7H,5H2,1-3H3. The molecule has 0 amide bonds. The van der Waals surface area contributed by atoms with Crippen molar-refractivity contribution in [3.05, 3.63) is 19.2 Å². The molecule has 0 saturated heterocycles. The Morgan fingerprint density at radius 1 is 1.43 bits per heavy atom. The molecule has 4 heteroatoms. The van der Waals surface area contributed by atoms with Crippen molar-refractivity contribution in [1.82, 2.24) is 0 Å². The molecule has 0 fully saturated rings. The van der Waals surface area contributed by atoms with Crippen molar-refractivity contribution >= 4 is 54.8 Å². The third-order valence-corrected chi connectivity index (χ3v) is 4.59. The monoisotopic (exact) mass is 358 g/mol. The van der Waals surface area contributed by atoms with Crippen LogP contribution in [0.5, 0.6) is 0 Å². The van der Waals surface area contributed by atoms with E-state index in [1.54, 1.807) is 11.3 Å². The molecule has 1 unspecified atom stereocenters. The Kier molecular flexibility index (Phi) is 4.51. The molecule has 1 atom stereocenters. The number of thiophene rings is 1. The number of alkyl halides is 1. The molecule has 0 radical (unpaired) electrons. The third-order valence-electron chi connectivity index (χ3n) is 1.81. The zero-order valence-corrected chi connectivity index (χ0v) is 13.1. The minimum Gasteiger partial charge on any atom is -0.121 e. The number of halogens is 3. The van der Waals surface area contributed by atoms with Crippen LogP contribution in [0, 0.1) is 5.41 Å². The molecule has 0 aliphatic carbocycles. The van der Waals surface area contributed by atoms with E-state index in [9.17, 15) is 0 Å². The number of hydrogen-bond donors (Lipinski definition) is 0. The maximum atomic E-state index is 6.37. The van der Waals surface area contributed by atoms with Gasteiger partial charge in [0.25, 0.3) is 0 Å². The predicted molar refractivity (Wildman–Crippen MR) is 72.4 cm³/mol. The molecule has 0 spiro atoms. The Labute approximate surface area is 111 Å². The Morgan fingerprint density at radius 3 is 2.36 bits per heavy atom. The van der Waals surface area contributed by atoms with E-state index < -0.39 is 0 Å². The van der Waals surface area contributed by atoms with Crippen LogP contribution in [0.15, 0.2) is 13.6 Å². The van der Waals surface area contributed by atoms with E-state index in [1.807, 2.05) is 0 Å². The van der Waals surface area contributed by atoms with Gasteiger partial charge in [0.1, 0.15) is 0 Å². The fourth-order valence-corrected chi connectivity index (χ4v) is 5.02. The van der Waals surface area contributed by atoms with Crippen LogP contribution in [0.25, 0.3) is 0 Å². The van der Waals surface area contributed by atoms with E-state index >= 15 is 0 Å². The van der Waals surface area contributed by atoms with E-state index in [4.69, 9.17) is 11.6 Å². The van der Waals surface area contributed by atoms with E-state index in [2.05, 4.69) is 58.7 Å². The number of rotatable bonds is 2. The van der Waals surface area contributed by atoms with Gasteiger partial charge in [-0.15, -0.1) is 22.9 Å². The fraction of sp³-hybridized carbons (Fsp3) is 0.600. The lowest BCUT2D eigenvalue weighted by molar-refractivity contribution is 0.372. The molecule has 0 aliphatic rings. The summed E-state index contributed by atoms with van der Waals surface area (Å²) in [7, 11) is 0. The van der Waals surface area contributed by atoms with E-state index in [1.165, 1.54) is 5.56 Å². The Balaban J connectivity index is 2.79. The molecule has 1 rings (SSSR count). The Bertz CT molecular complexity index is 314. The van der Waals surface area contributed by atoms with Gasteiger partial charge in [-0.3, -0.25) is 0 Å². The summed E-state index contributed by atoms with van der Waals surface area (Å²) in [4.78, 5) is 0. The van der Waals surface area contributed by atoms with Crippen LogP contribution < -0.4 is 0 Å². The predicted octanol–water partition coefficient (Wildman–Crippen LogP) is 5.99. The Morgan fingerprint density at radius 2 is 2.00 bits per heavy atom. The lowest BCUT2D eigenvalue weighted by atomic mass is 9.89. The smallest absolute Gasteiger partial charge is 0.0757 e. The third kappa shape index (κ3) is 3.84. The second-order valence-corrected chi connectivity index (χ2v) is 8.79. The van der Waals surface area contributed by atoms with Crippen LogP contribution in [-0.4, -0.2) is 0 Å². The Hall–Kier alpha value is 0.950. The van der Waals surface area contributed by atoms with Crippen LogP contribution in [0.3, 0.4) is 0 Å². The minimum absolute atomic E-state index is 0.0897. The van der Waals surface area contributed by atoms with Crippen molar-refractivity contribution < 1.29 is 0 Å². The summed E-state index contributed by atoms with van der Waals surface area (Å²) >= 11 is 15.0. The highest BCUT2D eigenvalue weighted by atomic mass is 79.9. The molecule has 0 bridgehead atoms. The second kappa shape index (κ2) is 4.86. The topological polar surface area (TPSA) is 0 Å². The van der Waals surface area contributed by atoms with Gasteiger partial charge in [0.2, 0.25) is 0 Å². The minimum atomic E-state index is 0.0897. The highest BCUT2D eigenvalue weighted by Crippen LogP contribution is 2.42. The van der Waals surface area contributed by atoms with Gasteiger partial charge in [-0.1, -0.05) is 20.8 Å². The van der Waals surface area contributed by atoms with E-state index in [-0.39, 0.29) is 10.8 Å². The summed E-state index contributed by atoms with van der Waals surface area (Å²) in [5, 5.41) is 0.0897. The molecule has 80 valence electrons. The lowest BCUT2D eigenvalue weighted by Crippen LogP contribution is -2.08. The van der Waals surface area contributed by atoms with Gasteiger partial charge < -0.3 is 0 Å². The zero-order valence-electron chi connectivity index (χ0n) is 8.40. The molecule has 0 saturated carbocycles. The summed E-state index contributed by atoms with van der Waals surface area (Å²) in [6, 6.07) is 2.10. The summed E-state index contributed by atoms with van der Waals surface area (Å²) in [5.74, 6) is 0. The second-order valence-electron chi connectivity index (χ2n) is 4.51. The van der Waals surface area contributed by atoms with Gasteiger partial charge in [-0.2, -0.15) is 0 Å². The molecular weight excluding hydrogens is 347 g/mol. The average Bonchev–Trinajstić information content (AvgIpc) is 2.26. The largest absolute Gasteiger partial charge is 0.121 e. The SMILES string of the molecule is CC(C)(C)CC(Cl)c1cc(Br)sc1Br. The van der Waals surface area contributed by atoms with Crippen LogP contribution in [-0.2, 0) is 0 Å². The van der Waals surface area contributed by atoms with Crippen LogP contribution >= 0.6 is 54.8 Å². The highest BCUT2D eigenvalue weighted by Gasteiger charge is 2.21. The van der Waals surface area contributed by atoms with E-state index in [0.717, 1.165) is 14.0 Å². The van der Waals surface area contributed by atoms with Crippen LogP contribution in [0.1, 0.15) is 38.1 Å². The van der Waals surface area contributed by atoms with Crippen LogP contribution in [0.2, 0.25) is 0 Å². The van der Waals surface area contributed by atoms with Gasteiger partial charge in [0.05, 0.1) is 12.9 Å². The van der Waals surface area contributed by atoms with Crippen molar-refractivity contribution in [3.63, 3.8) is 0 Å². The quantitative estimate of drug-likeness (QED) is 0.568. The lowest BCUT2D eigenvalue weighted by Gasteiger charge is -2.21. The summed E-state index contributed by atoms with van der Waals surface area (Å²) in [5.41, 5.74) is 1.46. The van der Waals surface area contributed by atoms with Gasteiger partial charge >= 0.3 is 0 Å². The summed E-state index contributed by atoms with van der Waals surface area (Å²) < 4.78 is 2.26. The molecule has 0 nitrogen and oxygen atoms in total. The highest BCUT2D eigenvalue weighted by molar-refractivity contribution is 9.12. The fourth-order valence-electron chi connectivity index (χ4n) is 1.21. The van der Waals surface area contributed by atoms with Crippen LogP contribution in [0.4, 0.5) is 0 Å². The average molecular weight is 361 g/mol. The summed E-state index contributed by atoms with van der Waals surface area (Å²) in [6.45, 7) is 6.62. The zero-order chi connectivity index (χ0) is 10.9. The van der Waals surface area contributed by atoms with Crippen molar-refractivity contribution in [2.75, 3.05) is 0 Å². The number of hydrogen-bond acceptors (Lipinski definition) is 1. The first kappa shape index (κ1) is 13.0. The molecule has 1 aromatic rings. The molecule has 0 aliphatic heterocycles. The molecular formula is C10H13Br2ClS. The molecule has 1 heterocycles. The van der Waals surface area contributed by atoms with Gasteiger partial charge in [0.15, 0.2) is 0 Å². The van der Waals surface area contributed by atoms with Crippen molar-refractivity contribution in [2.45, 2.75) is 32.6 Å². The van der Waals surface area contributed by atoms with Gasteiger partial charge in [-0.05, 0) is 55.3 Å². The van der Waals surface area contributed by atoms with E-state index in [0.29, 0.717) is 0 Å². The first-order valence-electron chi connectivity index (χ1n) is 4.38.